The van der Waals surface area contributed by atoms with E-state index in [0.29, 0.717) is 6.42 Å². The second-order valence-corrected chi connectivity index (χ2v) is 4.68. The van der Waals surface area contributed by atoms with E-state index in [1.165, 1.54) is 12.1 Å². The van der Waals surface area contributed by atoms with Gasteiger partial charge in [0.25, 0.3) is 0 Å². The molecule has 0 N–H and O–H groups in total. The van der Waals surface area contributed by atoms with Crippen LogP contribution in [-0.2, 0) is 11.2 Å². The first-order valence-electron chi connectivity index (χ1n) is 5.78. The third kappa shape index (κ3) is 2.23. The van der Waals surface area contributed by atoms with E-state index in [1.807, 2.05) is 24.5 Å². The normalized spacial score (nSPS) is 11.4. The van der Waals surface area contributed by atoms with Gasteiger partial charge in [0.2, 0.25) is 0 Å². The van der Waals surface area contributed by atoms with Gasteiger partial charge in [0.15, 0.2) is 0 Å². The van der Waals surface area contributed by atoms with E-state index in [9.17, 15) is 9.18 Å². The number of aromatic nitrogens is 1. The predicted molar refractivity (Wildman–Crippen MR) is 66.7 cm³/mol. The number of halogens is 1. The van der Waals surface area contributed by atoms with Crippen molar-refractivity contribution in [2.24, 2.45) is 0 Å². The third-order valence-corrected chi connectivity index (χ3v) is 2.83. The number of carbonyl (C=O) groups excluding carboxylic acids is 1. The van der Waals surface area contributed by atoms with Crippen LogP contribution < -0.4 is 0 Å². The molecule has 0 saturated carbocycles. The molecule has 2 rings (SSSR count). The lowest BCUT2D eigenvalue weighted by molar-refractivity contribution is -0.116. The summed E-state index contributed by atoms with van der Waals surface area (Å²) >= 11 is 0. The van der Waals surface area contributed by atoms with Crippen LogP contribution in [0, 0.1) is 5.82 Å². The minimum atomic E-state index is -0.244. The monoisotopic (exact) mass is 233 g/mol. The van der Waals surface area contributed by atoms with Crippen molar-refractivity contribution in [3.63, 3.8) is 0 Å². The van der Waals surface area contributed by atoms with Gasteiger partial charge in [0.1, 0.15) is 11.6 Å². The topological polar surface area (TPSA) is 22.0 Å². The Morgan fingerprint density at radius 1 is 1.35 bits per heavy atom. The Bertz CT molecular complexity index is 569. The Balaban J connectivity index is 2.66. The van der Waals surface area contributed by atoms with E-state index in [0.717, 1.165) is 16.6 Å². The van der Waals surface area contributed by atoms with Crippen LogP contribution in [0.5, 0.6) is 0 Å². The summed E-state index contributed by atoms with van der Waals surface area (Å²) in [5, 5.41) is 0.983. The number of fused-ring (bicyclic) bond motifs is 1. The number of Topliss-reactive ketones (excluding diaryl/α,β-unsaturated/α-hetero) is 1. The van der Waals surface area contributed by atoms with Crippen LogP contribution in [0.4, 0.5) is 4.39 Å². The molecule has 0 bridgehead atoms. The summed E-state index contributed by atoms with van der Waals surface area (Å²) in [5.74, 6) is -0.123. The van der Waals surface area contributed by atoms with Crippen molar-refractivity contribution in [3.8, 4) is 0 Å². The summed E-state index contributed by atoms with van der Waals surface area (Å²) in [7, 11) is 0. The molecule has 1 aromatic carbocycles. The number of ketones is 1. The predicted octanol–water partition coefficient (Wildman–Crippen LogP) is 3.49. The fourth-order valence-electron chi connectivity index (χ4n) is 2.25. The lowest BCUT2D eigenvalue weighted by Crippen LogP contribution is -2.08. The fraction of sp³-hybridized carbons (Fsp3) is 0.357. The van der Waals surface area contributed by atoms with E-state index in [-0.39, 0.29) is 17.6 Å². The van der Waals surface area contributed by atoms with Gasteiger partial charge in [0.05, 0.1) is 5.52 Å². The molecule has 0 aliphatic heterocycles. The summed E-state index contributed by atoms with van der Waals surface area (Å²) in [6.45, 7) is 5.64. The minimum Gasteiger partial charge on any atom is -0.342 e. The third-order valence-electron chi connectivity index (χ3n) is 2.83. The largest absolute Gasteiger partial charge is 0.342 e. The molecular weight excluding hydrogens is 217 g/mol. The molecule has 1 aromatic heterocycles. The summed E-state index contributed by atoms with van der Waals surface area (Å²) < 4.78 is 15.3. The molecule has 0 unspecified atom stereocenters. The van der Waals surface area contributed by atoms with Crippen molar-refractivity contribution in [3.05, 3.63) is 35.8 Å². The maximum Gasteiger partial charge on any atom is 0.135 e. The molecule has 2 nitrogen and oxygen atoms in total. The molecule has 0 fully saturated rings. The maximum absolute atomic E-state index is 13.3. The molecule has 0 amide bonds. The van der Waals surface area contributed by atoms with Crippen molar-refractivity contribution >= 4 is 16.7 Å². The van der Waals surface area contributed by atoms with Gasteiger partial charge < -0.3 is 4.57 Å². The molecule has 17 heavy (non-hydrogen) atoms. The molecule has 3 heteroatoms. The summed E-state index contributed by atoms with van der Waals surface area (Å²) in [6.07, 6.45) is 0.397. The molecule has 0 radical (unpaired) electrons. The summed E-state index contributed by atoms with van der Waals surface area (Å²) in [5.41, 5.74) is 1.81. The fourth-order valence-corrected chi connectivity index (χ4v) is 2.25. The van der Waals surface area contributed by atoms with Gasteiger partial charge in [0, 0.05) is 23.5 Å². The second kappa shape index (κ2) is 4.32. The van der Waals surface area contributed by atoms with Gasteiger partial charge in [-0.2, -0.15) is 0 Å². The van der Waals surface area contributed by atoms with Crippen molar-refractivity contribution in [1.29, 1.82) is 0 Å². The number of nitrogens with zero attached hydrogens (tertiary/aromatic N) is 1. The van der Waals surface area contributed by atoms with E-state index >= 15 is 0 Å². The van der Waals surface area contributed by atoms with E-state index < -0.39 is 0 Å². The zero-order chi connectivity index (χ0) is 12.6. The molecule has 90 valence electrons. The van der Waals surface area contributed by atoms with Crippen LogP contribution in [0.1, 0.15) is 32.5 Å². The Morgan fingerprint density at radius 2 is 2.06 bits per heavy atom. The van der Waals surface area contributed by atoms with Gasteiger partial charge in [-0.3, -0.25) is 4.79 Å². The average Bonchev–Trinajstić information content (AvgIpc) is 2.53. The van der Waals surface area contributed by atoms with Gasteiger partial charge >= 0.3 is 0 Å². The highest BCUT2D eigenvalue weighted by molar-refractivity contribution is 5.85. The molecular formula is C14H16FNO. The van der Waals surface area contributed by atoms with Crippen molar-refractivity contribution in [2.75, 3.05) is 0 Å². The summed E-state index contributed by atoms with van der Waals surface area (Å²) in [4.78, 5) is 11.2. The second-order valence-electron chi connectivity index (χ2n) is 4.68. The standard InChI is InChI=1S/C14H16FNO/c1-9(2)16-13(6-10(3)17)7-11-4-5-12(15)8-14(11)16/h4-5,7-9H,6H2,1-3H3. The van der Waals surface area contributed by atoms with Gasteiger partial charge in [-0.1, -0.05) is 0 Å². The van der Waals surface area contributed by atoms with Crippen LogP contribution in [0.2, 0.25) is 0 Å². The SMILES string of the molecule is CC(=O)Cc1cc2ccc(F)cc2n1C(C)C. The number of carbonyl (C=O) groups is 1. The molecule has 0 spiro atoms. The van der Waals surface area contributed by atoms with Crippen molar-refractivity contribution in [1.82, 2.24) is 4.57 Å². The molecule has 2 aromatic rings. The van der Waals surface area contributed by atoms with Crippen LogP contribution in [0.15, 0.2) is 24.3 Å². The van der Waals surface area contributed by atoms with Crippen LogP contribution in [-0.4, -0.2) is 10.4 Å². The molecule has 0 aliphatic carbocycles. The van der Waals surface area contributed by atoms with Crippen LogP contribution in [0.3, 0.4) is 0 Å². The molecule has 1 heterocycles. The molecule has 0 atom stereocenters. The Kier molecular flexibility index (Phi) is 3.01. The van der Waals surface area contributed by atoms with Crippen LogP contribution in [0.25, 0.3) is 10.9 Å². The highest BCUT2D eigenvalue weighted by atomic mass is 19.1. The lowest BCUT2D eigenvalue weighted by Gasteiger charge is -2.13. The summed E-state index contributed by atoms with van der Waals surface area (Å²) in [6, 6.07) is 6.91. The quantitative estimate of drug-likeness (QED) is 0.795. The Labute approximate surface area is 100 Å². The molecule has 0 aliphatic rings. The number of hydrogen-bond acceptors (Lipinski definition) is 1. The average molecular weight is 233 g/mol. The van der Waals surface area contributed by atoms with Crippen molar-refractivity contribution in [2.45, 2.75) is 33.2 Å². The number of benzene rings is 1. The smallest absolute Gasteiger partial charge is 0.135 e. The zero-order valence-corrected chi connectivity index (χ0v) is 10.3. The van der Waals surface area contributed by atoms with E-state index in [4.69, 9.17) is 0 Å². The van der Waals surface area contributed by atoms with Crippen LogP contribution >= 0.6 is 0 Å². The zero-order valence-electron chi connectivity index (χ0n) is 10.3. The first-order valence-corrected chi connectivity index (χ1v) is 5.78. The van der Waals surface area contributed by atoms with Gasteiger partial charge in [-0.25, -0.2) is 4.39 Å². The minimum absolute atomic E-state index is 0.121. The van der Waals surface area contributed by atoms with Gasteiger partial charge in [-0.15, -0.1) is 0 Å². The van der Waals surface area contributed by atoms with E-state index in [1.54, 1.807) is 13.0 Å². The van der Waals surface area contributed by atoms with E-state index in [2.05, 4.69) is 0 Å². The van der Waals surface area contributed by atoms with Crippen molar-refractivity contribution < 1.29 is 9.18 Å². The molecule has 0 saturated heterocycles. The highest BCUT2D eigenvalue weighted by Gasteiger charge is 2.13. The number of hydrogen-bond donors (Lipinski definition) is 0. The van der Waals surface area contributed by atoms with Gasteiger partial charge in [-0.05, 0) is 45.0 Å². The lowest BCUT2D eigenvalue weighted by atomic mass is 10.2. The Morgan fingerprint density at radius 3 is 2.65 bits per heavy atom. The maximum atomic E-state index is 13.3. The first kappa shape index (κ1) is 11.8. The first-order chi connectivity index (χ1) is 7.99. The highest BCUT2D eigenvalue weighted by Crippen LogP contribution is 2.25. The Hall–Kier alpha value is -1.64. The number of rotatable bonds is 3.